The maximum Gasteiger partial charge on any atom is 0.191 e. The van der Waals surface area contributed by atoms with Crippen LogP contribution in [0.1, 0.15) is 32.3 Å². The Kier molecular flexibility index (Phi) is 9.47. The van der Waals surface area contributed by atoms with Gasteiger partial charge in [0.05, 0.1) is 6.54 Å². The van der Waals surface area contributed by atoms with Crippen molar-refractivity contribution in [3.8, 4) is 0 Å². The van der Waals surface area contributed by atoms with Crippen molar-refractivity contribution in [1.29, 1.82) is 0 Å². The molecule has 0 aromatic heterocycles. The van der Waals surface area contributed by atoms with Crippen molar-refractivity contribution in [3.05, 3.63) is 35.6 Å². The highest BCUT2D eigenvalue weighted by molar-refractivity contribution is 14.0. The van der Waals surface area contributed by atoms with Crippen LogP contribution in [0.4, 0.5) is 4.39 Å². The fourth-order valence-corrected chi connectivity index (χ4v) is 2.50. The summed E-state index contributed by atoms with van der Waals surface area (Å²) in [6.45, 7) is 8.56. The van der Waals surface area contributed by atoms with Gasteiger partial charge in [-0.25, -0.2) is 9.38 Å². The predicted molar refractivity (Wildman–Crippen MR) is 105 cm³/mol. The lowest BCUT2D eigenvalue weighted by Gasteiger charge is -2.20. The van der Waals surface area contributed by atoms with Gasteiger partial charge >= 0.3 is 0 Å². The Morgan fingerprint density at radius 1 is 1.30 bits per heavy atom. The van der Waals surface area contributed by atoms with Crippen molar-refractivity contribution in [2.45, 2.75) is 39.3 Å². The Hall–Kier alpha value is -0.890. The number of rotatable bonds is 8. The van der Waals surface area contributed by atoms with E-state index in [1.54, 1.807) is 6.07 Å². The van der Waals surface area contributed by atoms with E-state index in [2.05, 4.69) is 27.4 Å². The minimum Gasteiger partial charge on any atom is -0.357 e. The van der Waals surface area contributed by atoms with Crippen LogP contribution in [0.25, 0.3) is 0 Å². The molecule has 0 amide bonds. The lowest BCUT2D eigenvalue weighted by molar-refractivity contribution is 0.282. The smallest absolute Gasteiger partial charge is 0.191 e. The number of benzene rings is 1. The van der Waals surface area contributed by atoms with Crippen LogP contribution in [0.2, 0.25) is 0 Å². The van der Waals surface area contributed by atoms with Gasteiger partial charge in [-0.1, -0.05) is 19.1 Å². The summed E-state index contributed by atoms with van der Waals surface area (Å²) in [5.41, 5.74) is 0.880. The summed E-state index contributed by atoms with van der Waals surface area (Å²) in [7, 11) is 0. The average Bonchev–Trinajstić information content (AvgIpc) is 3.34. The maximum atomic E-state index is 13.2. The minimum absolute atomic E-state index is 0. The van der Waals surface area contributed by atoms with E-state index in [0.29, 0.717) is 6.54 Å². The molecular weight excluding hydrogens is 406 g/mol. The van der Waals surface area contributed by atoms with Gasteiger partial charge in [0.25, 0.3) is 0 Å². The molecule has 1 fully saturated rings. The van der Waals surface area contributed by atoms with Crippen molar-refractivity contribution >= 4 is 29.9 Å². The summed E-state index contributed by atoms with van der Waals surface area (Å²) in [6.07, 6.45) is 2.67. The molecule has 6 heteroatoms. The SMILES string of the molecule is CCNC(=NCc1cccc(F)c1)NCCN(CC)C1CC1.I. The molecule has 23 heavy (non-hydrogen) atoms. The van der Waals surface area contributed by atoms with E-state index in [1.165, 1.54) is 25.0 Å². The number of nitrogens with zero attached hydrogens (tertiary/aromatic N) is 2. The molecule has 0 heterocycles. The van der Waals surface area contributed by atoms with Crippen LogP contribution in [-0.4, -0.2) is 43.1 Å². The second kappa shape index (κ2) is 10.8. The number of nitrogens with one attached hydrogen (secondary N) is 2. The summed E-state index contributed by atoms with van der Waals surface area (Å²) >= 11 is 0. The summed E-state index contributed by atoms with van der Waals surface area (Å²) in [5, 5.41) is 6.59. The van der Waals surface area contributed by atoms with Gasteiger partial charge in [0.1, 0.15) is 5.82 Å². The van der Waals surface area contributed by atoms with Crippen molar-refractivity contribution in [2.75, 3.05) is 26.2 Å². The lowest BCUT2D eigenvalue weighted by Crippen LogP contribution is -2.42. The fourth-order valence-electron chi connectivity index (χ4n) is 2.50. The average molecular weight is 434 g/mol. The van der Waals surface area contributed by atoms with E-state index in [4.69, 9.17) is 0 Å². The molecule has 0 unspecified atom stereocenters. The third kappa shape index (κ3) is 7.48. The van der Waals surface area contributed by atoms with Crippen molar-refractivity contribution in [1.82, 2.24) is 15.5 Å². The Balaban J connectivity index is 0.00000264. The molecule has 0 aliphatic heterocycles. The first kappa shape index (κ1) is 20.2. The molecule has 0 bridgehead atoms. The molecule has 1 aliphatic carbocycles. The van der Waals surface area contributed by atoms with E-state index in [-0.39, 0.29) is 29.8 Å². The van der Waals surface area contributed by atoms with Crippen molar-refractivity contribution in [2.24, 2.45) is 4.99 Å². The summed E-state index contributed by atoms with van der Waals surface area (Å²) in [5.74, 6) is 0.576. The van der Waals surface area contributed by atoms with Crippen molar-refractivity contribution < 1.29 is 4.39 Å². The number of guanidine groups is 1. The van der Waals surface area contributed by atoms with Gasteiger partial charge in [-0.3, -0.25) is 4.90 Å². The van der Waals surface area contributed by atoms with Crippen molar-refractivity contribution in [3.63, 3.8) is 0 Å². The quantitative estimate of drug-likeness (QED) is 0.376. The molecule has 0 saturated heterocycles. The molecule has 1 aromatic carbocycles. The van der Waals surface area contributed by atoms with E-state index in [9.17, 15) is 4.39 Å². The van der Waals surface area contributed by atoms with Crippen LogP contribution in [0.5, 0.6) is 0 Å². The van der Waals surface area contributed by atoms with E-state index in [1.807, 2.05) is 13.0 Å². The normalized spacial score (nSPS) is 14.5. The molecule has 130 valence electrons. The lowest BCUT2D eigenvalue weighted by atomic mass is 10.2. The topological polar surface area (TPSA) is 39.7 Å². The number of likely N-dealkylation sites (N-methyl/N-ethyl adjacent to an activating group) is 1. The predicted octanol–water partition coefficient (Wildman–Crippen LogP) is 2.98. The summed E-state index contributed by atoms with van der Waals surface area (Å²) < 4.78 is 13.2. The second-order valence-corrected chi connectivity index (χ2v) is 5.61. The Labute approximate surface area is 156 Å². The van der Waals surface area contributed by atoms with E-state index < -0.39 is 0 Å². The first-order chi connectivity index (χ1) is 10.7. The highest BCUT2D eigenvalue weighted by Gasteiger charge is 2.27. The molecule has 2 rings (SSSR count). The Bertz CT molecular complexity index is 491. The minimum atomic E-state index is -0.214. The van der Waals surface area contributed by atoms with Gasteiger partial charge in [0, 0.05) is 25.7 Å². The molecule has 0 atom stereocenters. The molecule has 1 aliphatic rings. The molecule has 4 nitrogen and oxygen atoms in total. The largest absolute Gasteiger partial charge is 0.357 e. The number of hydrogen-bond donors (Lipinski definition) is 2. The third-order valence-corrected chi connectivity index (χ3v) is 3.81. The highest BCUT2D eigenvalue weighted by Crippen LogP contribution is 2.25. The second-order valence-electron chi connectivity index (χ2n) is 5.61. The number of aliphatic imine (C=N–C) groups is 1. The molecular formula is C17H28FIN4. The van der Waals surface area contributed by atoms with Gasteiger partial charge in [-0.2, -0.15) is 0 Å². The van der Waals surface area contributed by atoms with Crippen LogP contribution in [0.15, 0.2) is 29.3 Å². The van der Waals surface area contributed by atoms with Crippen LogP contribution < -0.4 is 10.6 Å². The van der Waals surface area contributed by atoms with Crippen LogP contribution in [-0.2, 0) is 6.54 Å². The summed E-state index contributed by atoms with van der Waals surface area (Å²) in [4.78, 5) is 7.02. The van der Waals surface area contributed by atoms with Gasteiger partial charge in [-0.05, 0) is 44.0 Å². The van der Waals surface area contributed by atoms with E-state index in [0.717, 1.165) is 43.7 Å². The van der Waals surface area contributed by atoms with Gasteiger partial charge in [-0.15, -0.1) is 24.0 Å². The van der Waals surface area contributed by atoms with E-state index >= 15 is 0 Å². The standard InChI is InChI=1S/C17H27FN4.HI/c1-3-19-17(20-10-11-22(4-2)16-8-9-16)21-13-14-6-5-7-15(18)12-14;/h5-7,12,16H,3-4,8-11,13H2,1-2H3,(H2,19,20,21);1H. The Morgan fingerprint density at radius 3 is 2.70 bits per heavy atom. The first-order valence-corrected chi connectivity index (χ1v) is 8.23. The van der Waals surface area contributed by atoms with Crippen LogP contribution in [0, 0.1) is 5.82 Å². The highest BCUT2D eigenvalue weighted by atomic mass is 127. The summed E-state index contributed by atoms with van der Waals surface area (Å²) in [6, 6.07) is 7.38. The molecule has 0 radical (unpaired) electrons. The molecule has 0 spiro atoms. The monoisotopic (exact) mass is 434 g/mol. The molecule has 2 N–H and O–H groups in total. The zero-order valence-corrected chi connectivity index (χ0v) is 16.3. The van der Waals surface area contributed by atoms with Gasteiger partial charge in [0.15, 0.2) is 5.96 Å². The van der Waals surface area contributed by atoms with Gasteiger partial charge < -0.3 is 10.6 Å². The number of hydrogen-bond acceptors (Lipinski definition) is 2. The van der Waals surface area contributed by atoms with Crippen LogP contribution in [0.3, 0.4) is 0 Å². The molecule has 1 saturated carbocycles. The van der Waals surface area contributed by atoms with Crippen LogP contribution >= 0.6 is 24.0 Å². The number of halogens is 2. The maximum absolute atomic E-state index is 13.2. The zero-order chi connectivity index (χ0) is 15.8. The fraction of sp³-hybridized carbons (Fsp3) is 0.588. The first-order valence-electron chi connectivity index (χ1n) is 8.23. The van der Waals surface area contributed by atoms with Gasteiger partial charge in [0.2, 0.25) is 0 Å². The zero-order valence-electron chi connectivity index (χ0n) is 14.0. The molecule has 1 aromatic rings. The Morgan fingerprint density at radius 2 is 2.09 bits per heavy atom. The third-order valence-electron chi connectivity index (χ3n) is 3.81.